The maximum absolute atomic E-state index is 5.87. The number of hydrogen-bond acceptors (Lipinski definition) is 8. The number of benzene rings is 1. The van der Waals surface area contributed by atoms with Gasteiger partial charge in [-0.1, -0.05) is 16.8 Å². The van der Waals surface area contributed by atoms with Gasteiger partial charge < -0.3 is 10.5 Å². The maximum Gasteiger partial charge on any atom is 0.249 e. The second-order valence-corrected chi connectivity index (χ2v) is 5.24. The van der Waals surface area contributed by atoms with Gasteiger partial charge in [0.15, 0.2) is 5.52 Å². The quantitative estimate of drug-likeness (QED) is 0.563. The molecule has 10 nitrogen and oxygen atoms in total. The van der Waals surface area contributed by atoms with Crippen molar-refractivity contribution in [3.63, 3.8) is 0 Å². The van der Waals surface area contributed by atoms with Crippen LogP contribution >= 0.6 is 11.6 Å². The van der Waals surface area contributed by atoms with E-state index in [1.54, 1.807) is 23.0 Å². The lowest BCUT2D eigenvalue weighted by Crippen LogP contribution is -2.02. The molecule has 4 aromatic rings. The van der Waals surface area contributed by atoms with Crippen molar-refractivity contribution in [1.29, 1.82) is 0 Å². The Labute approximate surface area is 139 Å². The van der Waals surface area contributed by atoms with E-state index in [1.807, 2.05) is 12.1 Å². The number of H-pyrrole nitrogens is 1. The zero-order valence-electron chi connectivity index (χ0n) is 12.1. The normalized spacial score (nSPS) is 11.0. The van der Waals surface area contributed by atoms with E-state index in [-0.39, 0.29) is 18.4 Å². The standard InChI is InChI=1S/C13H10ClN9O/c14-7-1-3-9(4-2-7)23-5-8(18-22-23)6-24-12-10-11(20-21-19-10)16-13(15)17-12/h1-5H,6H2,(H3,15,16,17,19,20,21). The molecule has 0 aliphatic rings. The van der Waals surface area contributed by atoms with E-state index in [2.05, 4.69) is 35.7 Å². The summed E-state index contributed by atoms with van der Waals surface area (Å²) in [5.41, 5.74) is 7.80. The SMILES string of the molecule is Nc1nc(OCc2cn(-c3ccc(Cl)cc3)nn2)c2n[nH]nc2n1. The molecule has 1 aromatic carbocycles. The Morgan fingerprint density at radius 2 is 2.00 bits per heavy atom. The minimum atomic E-state index is 0.0521. The van der Waals surface area contributed by atoms with Crippen molar-refractivity contribution >= 4 is 28.7 Å². The molecule has 0 saturated carbocycles. The third-order valence-corrected chi connectivity index (χ3v) is 3.41. The molecule has 0 aliphatic heterocycles. The second-order valence-electron chi connectivity index (χ2n) is 4.80. The van der Waals surface area contributed by atoms with Crippen molar-refractivity contribution in [2.24, 2.45) is 0 Å². The first-order valence-electron chi connectivity index (χ1n) is 6.83. The van der Waals surface area contributed by atoms with Crippen LogP contribution in [0, 0.1) is 0 Å². The first kappa shape index (κ1) is 14.3. The Morgan fingerprint density at radius 1 is 1.17 bits per heavy atom. The van der Waals surface area contributed by atoms with Gasteiger partial charge in [0.1, 0.15) is 12.3 Å². The number of ether oxygens (including phenoxy) is 1. The van der Waals surface area contributed by atoms with E-state index < -0.39 is 0 Å². The summed E-state index contributed by atoms with van der Waals surface area (Å²) in [7, 11) is 0. The highest BCUT2D eigenvalue weighted by Gasteiger charge is 2.12. The predicted octanol–water partition coefficient (Wildman–Crippen LogP) is 1.14. The summed E-state index contributed by atoms with van der Waals surface area (Å²) in [4.78, 5) is 7.96. The van der Waals surface area contributed by atoms with Crippen LogP contribution in [0.5, 0.6) is 5.88 Å². The Balaban J connectivity index is 1.54. The maximum atomic E-state index is 5.87. The van der Waals surface area contributed by atoms with Crippen molar-refractivity contribution in [3.05, 3.63) is 41.2 Å². The van der Waals surface area contributed by atoms with Crippen LogP contribution in [0.15, 0.2) is 30.5 Å². The van der Waals surface area contributed by atoms with Crippen LogP contribution in [-0.4, -0.2) is 40.4 Å². The molecule has 4 rings (SSSR count). The number of aromatic amines is 1. The number of aromatic nitrogens is 8. The Kier molecular flexibility index (Phi) is 3.43. The molecule has 0 saturated heterocycles. The number of hydrogen-bond donors (Lipinski definition) is 2. The van der Waals surface area contributed by atoms with E-state index in [0.717, 1.165) is 5.69 Å². The molecule has 3 N–H and O–H groups in total. The highest BCUT2D eigenvalue weighted by atomic mass is 35.5. The lowest BCUT2D eigenvalue weighted by atomic mass is 10.3. The van der Waals surface area contributed by atoms with Crippen LogP contribution in [-0.2, 0) is 6.61 Å². The smallest absolute Gasteiger partial charge is 0.249 e. The summed E-state index contributed by atoms with van der Waals surface area (Å²) >= 11 is 5.87. The van der Waals surface area contributed by atoms with Crippen LogP contribution in [0.2, 0.25) is 5.02 Å². The fourth-order valence-corrected chi connectivity index (χ4v) is 2.19. The van der Waals surface area contributed by atoms with E-state index in [4.69, 9.17) is 22.1 Å². The number of nitrogens with one attached hydrogen (secondary N) is 1. The zero-order chi connectivity index (χ0) is 16.5. The summed E-state index contributed by atoms with van der Waals surface area (Å²) in [5, 5.41) is 19.0. The van der Waals surface area contributed by atoms with Gasteiger partial charge in [0.2, 0.25) is 17.5 Å². The third-order valence-electron chi connectivity index (χ3n) is 3.16. The van der Waals surface area contributed by atoms with Gasteiger partial charge in [-0.25, -0.2) is 4.68 Å². The number of nitrogens with zero attached hydrogens (tertiary/aromatic N) is 7. The van der Waals surface area contributed by atoms with Crippen LogP contribution in [0.25, 0.3) is 16.9 Å². The van der Waals surface area contributed by atoms with E-state index in [9.17, 15) is 0 Å². The Hall–Kier alpha value is -3.27. The van der Waals surface area contributed by atoms with E-state index >= 15 is 0 Å². The molecule has 0 unspecified atom stereocenters. The number of anilines is 1. The van der Waals surface area contributed by atoms with Gasteiger partial charge >= 0.3 is 0 Å². The summed E-state index contributed by atoms with van der Waals surface area (Å²) in [6, 6.07) is 7.23. The lowest BCUT2D eigenvalue weighted by molar-refractivity contribution is 0.292. The molecule has 0 bridgehead atoms. The molecule has 0 fully saturated rings. The fraction of sp³-hybridized carbons (Fsp3) is 0.0769. The first-order chi connectivity index (χ1) is 11.7. The molecule has 120 valence electrons. The topological polar surface area (TPSA) is 133 Å². The molecular weight excluding hydrogens is 334 g/mol. The van der Waals surface area contributed by atoms with Crippen molar-refractivity contribution in [3.8, 4) is 11.6 Å². The molecule has 11 heteroatoms. The van der Waals surface area contributed by atoms with Crippen molar-refractivity contribution in [2.75, 3.05) is 5.73 Å². The average Bonchev–Trinajstić information content (AvgIpc) is 3.22. The van der Waals surface area contributed by atoms with Crippen LogP contribution in [0.1, 0.15) is 5.69 Å². The molecule has 0 radical (unpaired) electrons. The van der Waals surface area contributed by atoms with Gasteiger partial charge in [0, 0.05) is 5.02 Å². The number of halogens is 1. The zero-order valence-corrected chi connectivity index (χ0v) is 12.8. The third kappa shape index (κ3) is 2.70. The summed E-state index contributed by atoms with van der Waals surface area (Å²) in [5.74, 6) is 0.281. The minimum Gasteiger partial charge on any atom is -0.469 e. The van der Waals surface area contributed by atoms with Gasteiger partial charge in [-0.05, 0) is 24.3 Å². The molecule has 0 atom stereocenters. The minimum absolute atomic E-state index is 0.0521. The van der Waals surface area contributed by atoms with Crippen molar-refractivity contribution < 1.29 is 4.74 Å². The highest BCUT2D eigenvalue weighted by Crippen LogP contribution is 2.20. The molecular formula is C13H10ClN9O. The van der Waals surface area contributed by atoms with Gasteiger partial charge in [-0.2, -0.15) is 15.2 Å². The van der Waals surface area contributed by atoms with Gasteiger partial charge in [0.05, 0.1) is 11.9 Å². The second kappa shape index (κ2) is 5.74. The predicted molar refractivity (Wildman–Crippen MR) is 84.6 cm³/mol. The number of rotatable bonds is 4. The number of nitrogens with two attached hydrogens (primary N) is 1. The number of fused-ring (bicyclic) bond motifs is 1. The van der Waals surface area contributed by atoms with E-state index in [0.29, 0.717) is 21.9 Å². The Bertz CT molecular complexity index is 994. The van der Waals surface area contributed by atoms with Crippen LogP contribution < -0.4 is 10.5 Å². The summed E-state index contributed by atoms with van der Waals surface area (Å²) < 4.78 is 7.24. The fourth-order valence-electron chi connectivity index (χ4n) is 2.06. The monoisotopic (exact) mass is 343 g/mol. The average molecular weight is 344 g/mol. The molecule has 3 aromatic heterocycles. The number of nitrogen functional groups attached to an aromatic ring is 1. The molecule has 0 spiro atoms. The molecule has 0 amide bonds. The van der Waals surface area contributed by atoms with Crippen molar-refractivity contribution in [1.82, 2.24) is 40.4 Å². The van der Waals surface area contributed by atoms with E-state index in [1.165, 1.54) is 0 Å². The molecule has 0 aliphatic carbocycles. The van der Waals surface area contributed by atoms with Gasteiger partial charge in [-0.3, -0.25) is 0 Å². The lowest BCUT2D eigenvalue weighted by Gasteiger charge is -2.03. The molecule has 24 heavy (non-hydrogen) atoms. The molecule has 3 heterocycles. The Morgan fingerprint density at radius 3 is 2.83 bits per heavy atom. The van der Waals surface area contributed by atoms with Gasteiger partial charge in [-0.15, -0.1) is 15.3 Å². The first-order valence-corrected chi connectivity index (χ1v) is 7.21. The van der Waals surface area contributed by atoms with Gasteiger partial charge in [0.25, 0.3) is 0 Å². The summed E-state index contributed by atoms with van der Waals surface area (Å²) in [6.45, 7) is 0.145. The highest BCUT2D eigenvalue weighted by molar-refractivity contribution is 6.30. The largest absolute Gasteiger partial charge is 0.469 e. The van der Waals surface area contributed by atoms with Crippen molar-refractivity contribution in [2.45, 2.75) is 6.61 Å². The summed E-state index contributed by atoms with van der Waals surface area (Å²) in [6.07, 6.45) is 1.74. The van der Waals surface area contributed by atoms with Crippen LogP contribution in [0.4, 0.5) is 5.95 Å². The van der Waals surface area contributed by atoms with Crippen LogP contribution in [0.3, 0.4) is 0 Å².